The lowest BCUT2D eigenvalue weighted by molar-refractivity contribution is -0.140. The molecule has 92 valence electrons. The zero-order chi connectivity index (χ0) is 12.0. The lowest BCUT2D eigenvalue weighted by Crippen LogP contribution is -2.40. The number of β-amino-alcohol motifs (C(OH)–C–C–N with tert-alkyl or cyclic N) is 1. The van der Waals surface area contributed by atoms with Crippen molar-refractivity contribution in [1.29, 1.82) is 0 Å². The molecule has 0 bridgehead atoms. The van der Waals surface area contributed by atoms with Gasteiger partial charge >= 0.3 is 5.97 Å². The molecule has 0 saturated carbocycles. The van der Waals surface area contributed by atoms with Gasteiger partial charge in [-0.3, -0.25) is 9.59 Å². The number of hydrogen-bond donors (Lipinski definition) is 3. The van der Waals surface area contributed by atoms with Gasteiger partial charge in [0.05, 0.1) is 19.3 Å². The summed E-state index contributed by atoms with van der Waals surface area (Å²) in [4.78, 5) is 22.3. The van der Waals surface area contributed by atoms with E-state index < -0.39 is 6.10 Å². The summed E-state index contributed by atoms with van der Waals surface area (Å²) in [6, 6.07) is -0.312. The minimum atomic E-state index is -0.439. The molecule has 1 amide bonds. The Morgan fingerprint density at radius 2 is 2.31 bits per heavy atom. The Hall–Kier alpha value is -1.14. The van der Waals surface area contributed by atoms with Gasteiger partial charge in [-0.1, -0.05) is 0 Å². The van der Waals surface area contributed by atoms with E-state index in [4.69, 9.17) is 0 Å². The van der Waals surface area contributed by atoms with Crippen LogP contribution in [0.5, 0.6) is 0 Å². The van der Waals surface area contributed by atoms with Gasteiger partial charge in [0.2, 0.25) is 5.91 Å². The molecule has 3 N–H and O–H groups in total. The first-order valence-electron chi connectivity index (χ1n) is 5.39. The normalized spacial score (nSPS) is 24.1. The molecule has 0 aromatic rings. The molecule has 1 saturated heterocycles. The zero-order valence-electron chi connectivity index (χ0n) is 9.36. The highest BCUT2D eigenvalue weighted by Crippen LogP contribution is 2.05. The predicted molar refractivity (Wildman–Crippen MR) is 56.7 cm³/mol. The quantitative estimate of drug-likeness (QED) is 0.407. The van der Waals surface area contributed by atoms with Gasteiger partial charge in [-0.2, -0.15) is 0 Å². The van der Waals surface area contributed by atoms with Crippen molar-refractivity contribution in [3.8, 4) is 0 Å². The molecule has 0 aromatic heterocycles. The summed E-state index contributed by atoms with van der Waals surface area (Å²) in [7, 11) is 1.34. The van der Waals surface area contributed by atoms with Crippen molar-refractivity contribution in [3.05, 3.63) is 0 Å². The Balaban J connectivity index is 2.09. The van der Waals surface area contributed by atoms with Crippen molar-refractivity contribution in [2.75, 3.05) is 20.2 Å². The first-order valence-corrected chi connectivity index (χ1v) is 5.39. The Morgan fingerprint density at radius 1 is 1.56 bits per heavy atom. The average Bonchev–Trinajstić information content (AvgIpc) is 2.70. The van der Waals surface area contributed by atoms with Crippen molar-refractivity contribution >= 4 is 11.9 Å². The first-order chi connectivity index (χ1) is 7.63. The van der Waals surface area contributed by atoms with Gasteiger partial charge in [-0.25, -0.2) is 0 Å². The maximum absolute atomic E-state index is 11.5. The first kappa shape index (κ1) is 12.9. The molecule has 0 radical (unpaired) electrons. The van der Waals surface area contributed by atoms with E-state index in [1.807, 2.05) is 0 Å². The molecule has 1 fully saturated rings. The second-order valence-electron chi connectivity index (χ2n) is 3.82. The lowest BCUT2D eigenvalue weighted by atomic mass is 10.2. The predicted octanol–water partition coefficient (Wildman–Crippen LogP) is -1.22. The SMILES string of the molecule is COC(=O)CCCNC(=O)C1CC(O)CN1. The third-order valence-electron chi connectivity index (χ3n) is 2.51. The number of rotatable bonds is 5. The fourth-order valence-electron chi connectivity index (χ4n) is 1.59. The van der Waals surface area contributed by atoms with Gasteiger partial charge in [0.1, 0.15) is 0 Å². The Morgan fingerprint density at radius 3 is 2.88 bits per heavy atom. The maximum Gasteiger partial charge on any atom is 0.305 e. The van der Waals surface area contributed by atoms with Crippen molar-refractivity contribution in [2.24, 2.45) is 0 Å². The second-order valence-corrected chi connectivity index (χ2v) is 3.82. The van der Waals surface area contributed by atoms with Gasteiger partial charge in [0.25, 0.3) is 0 Å². The number of amides is 1. The molecule has 1 aliphatic heterocycles. The van der Waals surface area contributed by atoms with Crippen molar-refractivity contribution in [2.45, 2.75) is 31.4 Å². The van der Waals surface area contributed by atoms with E-state index in [0.717, 1.165) is 0 Å². The van der Waals surface area contributed by atoms with Crippen LogP contribution in [0.1, 0.15) is 19.3 Å². The van der Waals surface area contributed by atoms with Crippen LogP contribution in [-0.4, -0.2) is 49.3 Å². The highest BCUT2D eigenvalue weighted by Gasteiger charge is 2.27. The largest absolute Gasteiger partial charge is 0.469 e. The van der Waals surface area contributed by atoms with Crippen molar-refractivity contribution in [3.63, 3.8) is 0 Å². The van der Waals surface area contributed by atoms with Gasteiger partial charge in [0, 0.05) is 19.5 Å². The molecule has 0 aliphatic carbocycles. The molecular weight excluding hydrogens is 212 g/mol. The van der Waals surface area contributed by atoms with E-state index in [9.17, 15) is 14.7 Å². The van der Waals surface area contributed by atoms with Crippen LogP contribution in [0.4, 0.5) is 0 Å². The van der Waals surface area contributed by atoms with E-state index in [2.05, 4.69) is 15.4 Å². The summed E-state index contributed by atoms with van der Waals surface area (Å²) >= 11 is 0. The average molecular weight is 230 g/mol. The number of esters is 1. The second kappa shape index (κ2) is 6.44. The number of aliphatic hydroxyl groups excluding tert-OH is 1. The summed E-state index contributed by atoms with van der Waals surface area (Å²) in [5.41, 5.74) is 0. The molecule has 1 aliphatic rings. The smallest absolute Gasteiger partial charge is 0.305 e. The van der Waals surface area contributed by atoms with Crippen LogP contribution < -0.4 is 10.6 Å². The zero-order valence-corrected chi connectivity index (χ0v) is 9.36. The van der Waals surface area contributed by atoms with E-state index in [1.54, 1.807) is 0 Å². The Labute approximate surface area is 94.3 Å². The van der Waals surface area contributed by atoms with Gasteiger partial charge < -0.3 is 20.5 Å². The third-order valence-corrected chi connectivity index (χ3v) is 2.51. The molecule has 2 unspecified atom stereocenters. The summed E-state index contributed by atoms with van der Waals surface area (Å²) in [5, 5.41) is 14.8. The van der Waals surface area contributed by atoms with E-state index in [1.165, 1.54) is 7.11 Å². The lowest BCUT2D eigenvalue weighted by Gasteiger charge is -2.10. The molecular formula is C10H18N2O4. The molecule has 6 heteroatoms. The van der Waals surface area contributed by atoms with E-state index >= 15 is 0 Å². The molecule has 2 atom stereocenters. The fourth-order valence-corrected chi connectivity index (χ4v) is 1.59. The van der Waals surface area contributed by atoms with Gasteiger partial charge in [-0.15, -0.1) is 0 Å². The summed E-state index contributed by atoms with van der Waals surface area (Å²) in [5.74, 6) is -0.398. The van der Waals surface area contributed by atoms with Crippen LogP contribution in [0, 0.1) is 0 Å². The number of carbonyl (C=O) groups excluding carboxylic acids is 2. The van der Waals surface area contributed by atoms with E-state index in [-0.39, 0.29) is 17.9 Å². The molecule has 0 aromatic carbocycles. The van der Waals surface area contributed by atoms with Crippen molar-refractivity contribution < 1.29 is 19.4 Å². The number of hydrogen-bond acceptors (Lipinski definition) is 5. The third kappa shape index (κ3) is 4.16. The fraction of sp³-hybridized carbons (Fsp3) is 0.800. The standard InChI is InChI=1S/C10H18N2O4/c1-16-9(14)3-2-4-11-10(15)8-5-7(13)6-12-8/h7-8,12-13H,2-6H2,1H3,(H,11,15). The highest BCUT2D eigenvalue weighted by atomic mass is 16.5. The van der Waals surface area contributed by atoms with Crippen LogP contribution in [-0.2, 0) is 14.3 Å². The number of aliphatic hydroxyl groups is 1. The highest BCUT2D eigenvalue weighted by molar-refractivity contribution is 5.82. The van der Waals surface area contributed by atoms with E-state index in [0.29, 0.717) is 32.4 Å². The summed E-state index contributed by atoms with van der Waals surface area (Å²) in [6.45, 7) is 0.905. The maximum atomic E-state index is 11.5. The van der Waals surface area contributed by atoms with Crippen LogP contribution in [0.2, 0.25) is 0 Å². The van der Waals surface area contributed by atoms with Crippen LogP contribution >= 0.6 is 0 Å². The van der Waals surface area contributed by atoms with Gasteiger partial charge in [-0.05, 0) is 12.8 Å². The van der Waals surface area contributed by atoms with Crippen LogP contribution in [0.15, 0.2) is 0 Å². The van der Waals surface area contributed by atoms with Gasteiger partial charge in [0.15, 0.2) is 0 Å². The topological polar surface area (TPSA) is 87.7 Å². The number of nitrogens with one attached hydrogen (secondary N) is 2. The minimum Gasteiger partial charge on any atom is -0.469 e. The molecule has 16 heavy (non-hydrogen) atoms. The number of carbonyl (C=O) groups is 2. The Bertz CT molecular complexity index is 257. The van der Waals surface area contributed by atoms with Crippen molar-refractivity contribution in [1.82, 2.24) is 10.6 Å². The van der Waals surface area contributed by atoms with Crippen LogP contribution in [0.25, 0.3) is 0 Å². The minimum absolute atomic E-state index is 0.124. The van der Waals surface area contributed by atoms with Crippen LogP contribution in [0.3, 0.4) is 0 Å². The number of ether oxygens (including phenoxy) is 1. The molecule has 6 nitrogen and oxygen atoms in total. The summed E-state index contributed by atoms with van der Waals surface area (Å²) < 4.78 is 4.47. The molecule has 1 rings (SSSR count). The summed E-state index contributed by atoms with van der Waals surface area (Å²) in [6.07, 6.45) is 0.874. The molecule has 1 heterocycles. The Kier molecular flexibility index (Phi) is 5.21. The monoisotopic (exact) mass is 230 g/mol. The molecule has 0 spiro atoms. The number of methoxy groups -OCH3 is 1.